The van der Waals surface area contributed by atoms with Gasteiger partial charge in [-0.2, -0.15) is 0 Å². The number of carbonyl (C=O) groups excluding carboxylic acids is 1. The number of amides is 1. The predicted molar refractivity (Wildman–Crippen MR) is 304 cm³/mol. The normalized spacial score (nSPS) is 14.2. The molecule has 3 atom stereocenters. The van der Waals surface area contributed by atoms with Crippen LogP contribution < -0.4 is 5.32 Å². The van der Waals surface area contributed by atoms with Gasteiger partial charge < -0.3 is 19.8 Å². The van der Waals surface area contributed by atoms with Crippen LogP contribution in [0.2, 0.25) is 0 Å². The summed E-state index contributed by atoms with van der Waals surface area (Å²) in [5, 5.41) is 13.9. The maximum Gasteiger partial charge on any atom is 0.472 e. The maximum atomic E-state index is 13.0. The Balaban J connectivity index is 4.05. The van der Waals surface area contributed by atoms with Crippen molar-refractivity contribution in [2.24, 2.45) is 0 Å². The summed E-state index contributed by atoms with van der Waals surface area (Å²) in [6.07, 6.45) is 69.5. The highest BCUT2D eigenvalue weighted by atomic mass is 31.2. The minimum atomic E-state index is -4.36. The fourth-order valence-corrected chi connectivity index (χ4v) is 9.51. The Hall–Kier alpha value is -1.54. The van der Waals surface area contributed by atoms with Crippen molar-refractivity contribution in [1.82, 2.24) is 5.32 Å². The smallest absolute Gasteiger partial charge is 0.387 e. The zero-order chi connectivity index (χ0) is 51.3. The van der Waals surface area contributed by atoms with E-state index in [1.54, 1.807) is 6.08 Å². The average molecular weight is 1010 g/mol. The molecule has 0 aromatic rings. The third kappa shape index (κ3) is 54.2. The van der Waals surface area contributed by atoms with E-state index in [1.165, 1.54) is 218 Å². The van der Waals surface area contributed by atoms with E-state index in [-0.39, 0.29) is 19.1 Å². The maximum absolute atomic E-state index is 13.0. The zero-order valence-electron chi connectivity index (χ0n) is 47.0. The number of aliphatic hydroxyl groups is 1. The van der Waals surface area contributed by atoms with Crippen LogP contribution in [-0.2, 0) is 18.4 Å². The van der Waals surface area contributed by atoms with E-state index in [4.69, 9.17) is 9.05 Å². The van der Waals surface area contributed by atoms with Gasteiger partial charge in [0, 0.05) is 6.42 Å². The van der Waals surface area contributed by atoms with Gasteiger partial charge in [-0.1, -0.05) is 255 Å². The largest absolute Gasteiger partial charge is 0.472 e. The summed E-state index contributed by atoms with van der Waals surface area (Å²) < 4.78 is 23.7. The van der Waals surface area contributed by atoms with Crippen molar-refractivity contribution in [3.05, 3.63) is 48.6 Å². The number of hydrogen-bond acceptors (Lipinski definition) is 5. The van der Waals surface area contributed by atoms with Crippen molar-refractivity contribution in [1.29, 1.82) is 0 Å². The Morgan fingerprint density at radius 3 is 1.14 bits per heavy atom. The van der Waals surface area contributed by atoms with Crippen molar-refractivity contribution in [3.8, 4) is 0 Å². The van der Waals surface area contributed by atoms with Crippen molar-refractivity contribution >= 4 is 13.7 Å². The molecular formula is C61H118N2O6P+. The van der Waals surface area contributed by atoms with E-state index in [2.05, 4.69) is 55.6 Å². The van der Waals surface area contributed by atoms with Crippen molar-refractivity contribution < 1.29 is 32.9 Å². The summed E-state index contributed by atoms with van der Waals surface area (Å²) in [6, 6.07) is -0.869. The summed E-state index contributed by atoms with van der Waals surface area (Å²) in [4.78, 5) is 23.3. The number of phosphoric acid groups is 1. The highest BCUT2D eigenvalue weighted by Gasteiger charge is 2.27. The van der Waals surface area contributed by atoms with Crippen LogP contribution in [-0.4, -0.2) is 73.4 Å². The van der Waals surface area contributed by atoms with Crippen LogP contribution in [0.3, 0.4) is 0 Å². The van der Waals surface area contributed by atoms with E-state index in [0.29, 0.717) is 17.4 Å². The van der Waals surface area contributed by atoms with Gasteiger partial charge in [0.25, 0.3) is 0 Å². The lowest BCUT2D eigenvalue weighted by Crippen LogP contribution is -2.45. The van der Waals surface area contributed by atoms with Gasteiger partial charge in [-0.3, -0.25) is 13.8 Å². The van der Waals surface area contributed by atoms with Gasteiger partial charge in [0.1, 0.15) is 13.2 Å². The third-order valence-electron chi connectivity index (χ3n) is 13.5. The Bertz CT molecular complexity index is 1280. The molecule has 0 fully saturated rings. The number of nitrogens with one attached hydrogen (secondary N) is 1. The van der Waals surface area contributed by atoms with Crippen molar-refractivity contribution in [2.75, 3.05) is 40.9 Å². The predicted octanol–water partition coefficient (Wildman–Crippen LogP) is 18.3. The Morgan fingerprint density at radius 2 is 0.786 bits per heavy atom. The molecule has 3 unspecified atom stereocenters. The van der Waals surface area contributed by atoms with E-state index in [1.807, 2.05) is 27.2 Å². The molecule has 412 valence electrons. The first kappa shape index (κ1) is 68.5. The number of hydrogen-bond donors (Lipinski definition) is 3. The molecule has 0 saturated heterocycles. The number of rotatable bonds is 55. The fraction of sp³-hybridized carbons (Fsp3) is 0.852. The van der Waals surface area contributed by atoms with Gasteiger partial charge in [0.2, 0.25) is 5.91 Å². The van der Waals surface area contributed by atoms with Gasteiger partial charge in [0.05, 0.1) is 39.9 Å². The molecular weight excluding hydrogens is 888 g/mol. The van der Waals surface area contributed by atoms with E-state index in [0.717, 1.165) is 44.9 Å². The lowest BCUT2D eigenvalue weighted by Gasteiger charge is -2.25. The molecule has 0 heterocycles. The first-order chi connectivity index (χ1) is 34.0. The second kappa shape index (κ2) is 52.3. The van der Waals surface area contributed by atoms with Gasteiger partial charge in [-0.15, -0.1) is 0 Å². The molecule has 3 N–H and O–H groups in total. The Kier molecular flexibility index (Phi) is 51.2. The molecule has 0 saturated carbocycles. The number of quaternary nitrogens is 1. The molecule has 0 aromatic carbocycles. The molecule has 1 amide bonds. The Morgan fingerprint density at radius 1 is 0.471 bits per heavy atom. The van der Waals surface area contributed by atoms with Gasteiger partial charge in [0.15, 0.2) is 0 Å². The molecule has 70 heavy (non-hydrogen) atoms. The van der Waals surface area contributed by atoms with Crippen LogP contribution in [0.25, 0.3) is 0 Å². The molecule has 0 aliphatic heterocycles. The Labute approximate surface area is 435 Å². The monoisotopic (exact) mass is 1010 g/mol. The number of phosphoric ester groups is 1. The first-order valence-electron chi connectivity index (χ1n) is 30.0. The number of unbranched alkanes of at least 4 members (excludes halogenated alkanes) is 36. The number of likely N-dealkylation sites (N-methyl/N-ethyl adjacent to an activating group) is 1. The van der Waals surface area contributed by atoms with Crippen LogP contribution in [0.5, 0.6) is 0 Å². The molecule has 9 heteroatoms. The molecule has 0 aliphatic carbocycles. The van der Waals surface area contributed by atoms with Gasteiger partial charge in [-0.05, 0) is 70.6 Å². The van der Waals surface area contributed by atoms with Crippen molar-refractivity contribution in [3.63, 3.8) is 0 Å². The summed E-state index contributed by atoms with van der Waals surface area (Å²) in [5.41, 5.74) is 0. The number of aliphatic hydroxyl groups excluding tert-OH is 1. The molecule has 0 bridgehead atoms. The topological polar surface area (TPSA) is 105 Å². The highest BCUT2D eigenvalue weighted by Crippen LogP contribution is 2.43. The van der Waals surface area contributed by atoms with Crippen LogP contribution in [0.1, 0.15) is 284 Å². The zero-order valence-corrected chi connectivity index (χ0v) is 47.9. The van der Waals surface area contributed by atoms with Crippen LogP contribution >= 0.6 is 7.82 Å². The van der Waals surface area contributed by atoms with Crippen LogP contribution in [0.15, 0.2) is 48.6 Å². The van der Waals surface area contributed by atoms with Gasteiger partial charge in [-0.25, -0.2) is 4.57 Å². The first-order valence-corrected chi connectivity index (χ1v) is 31.5. The fourth-order valence-electron chi connectivity index (χ4n) is 8.78. The van der Waals surface area contributed by atoms with E-state index >= 15 is 0 Å². The number of carbonyl (C=O) groups is 1. The minimum absolute atomic E-state index is 0.0537. The summed E-state index contributed by atoms with van der Waals surface area (Å²) in [6.45, 7) is 4.79. The second-order valence-electron chi connectivity index (χ2n) is 21.7. The molecule has 0 aliphatic rings. The average Bonchev–Trinajstić information content (AvgIpc) is 3.32. The van der Waals surface area contributed by atoms with E-state index in [9.17, 15) is 19.4 Å². The number of allylic oxidation sites excluding steroid dienone is 7. The molecule has 0 rings (SSSR count). The lowest BCUT2D eigenvalue weighted by molar-refractivity contribution is -0.870. The summed E-state index contributed by atoms with van der Waals surface area (Å²) in [7, 11) is 1.55. The van der Waals surface area contributed by atoms with Crippen LogP contribution in [0, 0.1) is 0 Å². The van der Waals surface area contributed by atoms with E-state index < -0.39 is 20.0 Å². The number of nitrogens with zero attached hydrogens (tertiary/aromatic N) is 1. The quantitative estimate of drug-likeness (QED) is 0.0243. The molecule has 8 nitrogen and oxygen atoms in total. The lowest BCUT2D eigenvalue weighted by atomic mass is 10.0. The second-order valence-corrected chi connectivity index (χ2v) is 23.2. The minimum Gasteiger partial charge on any atom is -0.387 e. The highest BCUT2D eigenvalue weighted by molar-refractivity contribution is 7.47. The molecule has 0 aromatic heterocycles. The molecule has 0 radical (unpaired) electrons. The van der Waals surface area contributed by atoms with Crippen LogP contribution in [0.4, 0.5) is 0 Å². The summed E-state index contributed by atoms with van der Waals surface area (Å²) >= 11 is 0. The standard InChI is InChI=1S/C61H117N2O6P/c1-6-8-10-12-14-16-18-20-22-23-24-25-26-27-28-29-30-31-32-33-34-35-36-37-38-39-41-43-45-47-49-51-53-55-61(65)62-59(58-69-70(66,67)68-57-56-63(3,4)5)60(64)54-52-50-48-46-44-42-40-21-19-17-15-13-11-9-7-2/h19,21,27-28,44,46,52,54,59-60,64H,6-18,20,22-26,29-43,45,47-51,53,55-58H2,1-5H3,(H-,62,65,66,67)/p+1/b21-19+,28-27-,46-44+,54-52+. The summed E-state index contributed by atoms with van der Waals surface area (Å²) in [5.74, 6) is -0.188. The van der Waals surface area contributed by atoms with Gasteiger partial charge >= 0.3 is 7.82 Å². The van der Waals surface area contributed by atoms with Crippen molar-refractivity contribution in [2.45, 2.75) is 296 Å². The third-order valence-corrected chi connectivity index (χ3v) is 14.5. The SMILES string of the molecule is CCCCCCC/C=C/CC/C=C/CC/C=C/C(O)C(COP(=O)(O)OCC[N+](C)(C)C)NC(=O)CCCCCCCCCCCCCCCCCCC/C=C\CCCCCCCCCCCCCC. The molecule has 0 spiro atoms.